The Morgan fingerprint density at radius 2 is 1.92 bits per heavy atom. The largest absolute Gasteiger partial charge is 0.497 e. The van der Waals surface area contributed by atoms with Crippen LogP contribution in [-0.2, 0) is 4.79 Å². The third-order valence-corrected chi connectivity index (χ3v) is 5.11. The lowest BCUT2D eigenvalue weighted by Crippen LogP contribution is -2.50. The number of nitrogens with one attached hydrogen (secondary N) is 1. The number of carbonyl (C=O) groups is 1. The first-order chi connectivity index (χ1) is 11.7. The lowest BCUT2D eigenvalue weighted by molar-refractivity contribution is -0.133. The number of rotatable bonds is 7. The minimum atomic E-state index is -0.456. The van der Waals surface area contributed by atoms with E-state index in [9.17, 15) is 4.79 Å². The van der Waals surface area contributed by atoms with Gasteiger partial charge < -0.3 is 20.7 Å². The summed E-state index contributed by atoms with van der Waals surface area (Å²) in [6.07, 6.45) is 5.89. The molecule has 5 nitrogen and oxygen atoms in total. The van der Waals surface area contributed by atoms with Crippen molar-refractivity contribution in [3.05, 3.63) is 29.8 Å². The molecule has 0 radical (unpaired) electrons. The molecule has 1 saturated heterocycles. The molecular weight excluding hydrogens is 302 g/mol. The van der Waals surface area contributed by atoms with E-state index >= 15 is 0 Å². The SMILES string of the molecule is COc1ccc(C(NCC(N)C(=O)N2CCCCC2)C2CC2)cc1. The Bertz CT molecular complexity index is 536. The van der Waals surface area contributed by atoms with Gasteiger partial charge in [0, 0.05) is 25.7 Å². The smallest absolute Gasteiger partial charge is 0.240 e. The van der Waals surface area contributed by atoms with E-state index in [1.807, 2.05) is 17.0 Å². The van der Waals surface area contributed by atoms with Gasteiger partial charge in [-0.1, -0.05) is 12.1 Å². The molecule has 1 saturated carbocycles. The number of benzene rings is 1. The van der Waals surface area contributed by atoms with Crippen molar-refractivity contribution in [1.82, 2.24) is 10.2 Å². The minimum Gasteiger partial charge on any atom is -0.497 e. The van der Waals surface area contributed by atoms with E-state index in [-0.39, 0.29) is 11.9 Å². The van der Waals surface area contributed by atoms with Gasteiger partial charge in [-0.25, -0.2) is 0 Å². The predicted octanol–water partition coefficient (Wildman–Crippen LogP) is 2.08. The number of likely N-dealkylation sites (tertiary alicyclic amines) is 1. The Hall–Kier alpha value is -1.59. The third-order valence-electron chi connectivity index (χ3n) is 5.11. The molecule has 24 heavy (non-hydrogen) atoms. The summed E-state index contributed by atoms with van der Waals surface area (Å²) >= 11 is 0. The molecule has 2 fully saturated rings. The molecular formula is C19H29N3O2. The summed E-state index contributed by atoms with van der Waals surface area (Å²) in [7, 11) is 1.68. The first-order valence-corrected chi connectivity index (χ1v) is 9.10. The molecule has 3 N–H and O–H groups in total. The van der Waals surface area contributed by atoms with Crippen LogP contribution in [0.2, 0.25) is 0 Å². The fourth-order valence-corrected chi connectivity index (χ4v) is 3.49. The van der Waals surface area contributed by atoms with Gasteiger partial charge in [0.15, 0.2) is 0 Å². The highest BCUT2D eigenvalue weighted by Crippen LogP contribution is 2.41. The highest BCUT2D eigenvalue weighted by Gasteiger charge is 2.33. The van der Waals surface area contributed by atoms with Crippen LogP contribution < -0.4 is 15.8 Å². The predicted molar refractivity (Wildman–Crippen MR) is 94.9 cm³/mol. The summed E-state index contributed by atoms with van der Waals surface area (Å²) in [4.78, 5) is 14.4. The Labute approximate surface area is 144 Å². The van der Waals surface area contributed by atoms with Crippen LogP contribution in [0.4, 0.5) is 0 Å². The molecule has 1 aromatic rings. The summed E-state index contributed by atoms with van der Waals surface area (Å²) in [5, 5.41) is 3.54. The van der Waals surface area contributed by atoms with Crippen molar-refractivity contribution in [1.29, 1.82) is 0 Å². The van der Waals surface area contributed by atoms with E-state index < -0.39 is 6.04 Å². The van der Waals surface area contributed by atoms with Crippen molar-refractivity contribution in [2.45, 2.75) is 44.2 Å². The summed E-state index contributed by atoms with van der Waals surface area (Å²) < 4.78 is 5.23. The van der Waals surface area contributed by atoms with E-state index in [0.29, 0.717) is 12.5 Å². The van der Waals surface area contributed by atoms with Crippen molar-refractivity contribution >= 4 is 5.91 Å². The number of carbonyl (C=O) groups excluding carboxylic acids is 1. The molecule has 0 spiro atoms. The van der Waals surface area contributed by atoms with Gasteiger partial charge >= 0.3 is 0 Å². The number of hydrogen-bond acceptors (Lipinski definition) is 4. The van der Waals surface area contributed by atoms with Crippen LogP contribution in [0.25, 0.3) is 0 Å². The van der Waals surface area contributed by atoms with Crippen LogP contribution in [0.1, 0.15) is 43.7 Å². The van der Waals surface area contributed by atoms with Gasteiger partial charge in [0.2, 0.25) is 5.91 Å². The molecule has 132 valence electrons. The summed E-state index contributed by atoms with van der Waals surface area (Å²) in [5.41, 5.74) is 7.41. The molecule has 2 atom stereocenters. The van der Waals surface area contributed by atoms with Crippen molar-refractivity contribution in [2.24, 2.45) is 11.7 Å². The maximum Gasteiger partial charge on any atom is 0.240 e. The zero-order valence-electron chi connectivity index (χ0n) is 14.5. The lowest BCUT2D eigenvalue weighted by atomic mass is 10.0. The second-order valence-corrected chi connectivity index (χ2v) is 6.99. The normalized spacial score (nSPS) is 20.5. The van der Waals surface area contributed by atoms with Crippen LogP contribution in [0, 0.1) is 5.92 Å². The summed E-state index contributed by atoms with van der Waals surface area (Å²) in [6.45, 7) is 2.25. The van der Waals surface area contributed by atoms with E-state index in [0.717, 1.165) is 31.7 Å². The second kappa shape index (κ2) is 7.99. The molecule has 1 amide bonds. The zero-order chi connectivity index (χ0) is 16.9. The van der Waals surface area contributed by atoms with Gasteiger partial charge in [0.25, 0.3) is 0 Å². The third kappa shape index (κ3) is 4.28. The summed E-state index contributed by atoms with van der Waals surface area (Å²) in [6, 6.07) is 8.01. The average Bonchev–Trinajstić information content (AvgIpc) is 3.47. The van der Waals surface area contributed by atoms with Crippen LogP contribution in [0.15, 0.2) is 24.3 Å². The van der Waals surface area contributed by atoms with E-state index in [4.69, 9.17) is 10.5 Å². The number of ether oxygens (including phenoxy) is 1. The molecule has 1 aromatic carbocycles. The van der Waals surface area contributed by atoms with Crippen LogP contribution >= 0.6 is 0 Å². The fourth-order valence-electron chi connectivity index (χ4n) is 3.49. The standard InChI is InChI=1S/C19H29N3O2/c1-24-16-9-7-15(8-10-16)18(14-5-6-14)21-13-17(20)19(23)22-11-3-2-4-12-22/h7-10,14,17-18,21H,2-6,11-13,20H2,1H3. The van der Waals surface area contributed by atoms with Crippen LogP contribution in [0.3, 0.4) is 0 Å². The number of piperidine rings is 1. The lowest BCUT2D eigenvalue weighted by Gasteiger charge is -2.30. The number of amides is 1. The molecule has 0 aromatic heterocycles. The Kier molecular flexibility index (Phi) is 5.74. The van der Waals surface area contributed by atoms with E-state index in [1.165, 1.54) is 24.8 Å². The topological polar surface area (TPSA) is 67.6 Å². The van der Waals surface area contributed by atoms with E-state index in [2.05, 4.69) is 17.4 Å². The fraction of sp³-hybridized carbons (Fsp3) is 0.632. The number of nitrogens with two attached hydrogens (primary N) is 1. The molecule has 2 unspecified atom stereocenters. The van der Waals surface area contributed by atoms with Crippen LogP contribution in [0.5, 0.6) is 5.75 Å². The number of methoxy groups -OCH3 is 1. The van der Waals surface area contributed by atoms with Gasteiger partial charge in [0.05, 0.1) is 13.2 Å². The molecule has 1 aliphatic carbocycles. The Morgan fingerprint density at radius 3 is 2.50 bits per heavy atom. The molecule has 3 rings (SSSR count). The maximum atomic E-state index is 12.5. The quantitative estimate of drug-likeness (QED) is 0.803. The first kappa shape index (κ1) is 17.2. The summed E-state index contributed by atoms with van der Waals surface area (Å²) in [5.74, 6) is 1.60. The molecule has 1 heterocycles. The highest BCUT2D eigenvalue weighted by atomic mass is 16.5. The molecule has 5 heteroatoms. The van der Waals surface area contributed by atoms with Gasteiger partial charge in [-0.2, -0.15) is 0 Å². The molecule has 0 bridgehead atoms. The Morgan fingerprint density at radius 1 is 1.25 bits per heavy atom. The van der Waals surface area contributed by atoms with Crippen molar-refractivity contribution < 1.29 is 9.53 Å². The second-order valence-electron chi connectivity index (χ2n) is 6.99. The maximum absolute atomic E-state index is 12.5. The Balaban J connectivity index is 1.56. The van der Waals surface area contributed by atoms with Gasteiger partial charge in [-0.05, 0) is 55.7 Å². The van der Waals surface area contributed by atoms with Crippen molar-refractivity contribution in [3.63, 3.8) is 0 Å². The van der Waals surface area contributed by atoms with Gasteiger partial charge in [0.1, 0.15) is 5.75 Å². The molecule has 1 aliphatic heterocycles. The number of nitrogens with zero attached hydrogens (tertiary/aromatic N) is 1. The zero-order valence-corrected chi connectivity index (χ0v) is 14.5. The van der Waals surface area contributed by atoms with Gasteiger partial charge in [-0.3, -0.25) is 4.79 Å². The minimum absolute atomic E-state index is 0.0893. The van der Waals surface area contributed by atoms with Gasteiger partial charge in [-0.15, -0.1) is 0 Å². The monoisotopic (exact) mass is 331 g/mol. The van der Waals surface area contributed by atoms with E-state index in [1.54, 1.807) is 7.11 Å². The highest BCUT2D eigenvalue weighted by molar-refractivity contribution is 5.82. The number of hydrogen-bond donors (Lipinski definition) is 2. The average molecular weight is 331 g/mol. The first-order valence-electron chi connectivity index (χ1n) is 9.10. The molecule has 2 aliphatic rings. The van der Waals surface area contributed by atoms with Crippen LogP contribution in [-0.4, -0.2) is 43.6 Å². The van der Waals surface area contributed by atoms with Crippen molar-refractivity contribution in [3.8, 4) is 5.75 Å². The van der Waals surface area contributed by atoms with Crippen molar-refractivity contribution in [2.75, 3.05) is 26.7 Å².